The summed E-state index contributed by atoms with van der Waals surface area (Å²) in [6.45, 7) is 4.17. The molecule has 0 aromatic carbocycles. The van der Waals surface area contributed by atoms with Crippen molar-refractivity contribution in [3.8, 4) is 0 Å². The number of nitrogens with one attached hydrogen (secondary N) is 1. The highest BCUT2D eigenvalue weighted by Gasteiger charge is 2.25. The highest BCUT2D eigenvalue weighted by Crippen LogP contribution is 2.26. The lowest BCUT2D eigenvalue weighted by Gasteiger charge is -2.30. The van der Waals surface area contributed by atoms with Gasteiger partial charge >= 0.3 is 6.09 Å². The van der Waals surface area contributed by atoms with Gasteiger partial charge in [-0.1, -0.05) is 13.3 Å². The Morgan fingerprint density at radius 1 is 1.56 bits per heavy atom. The molecule has 1 amide bonds. The van der Waals surface area contributed by atoms with E-state index in [2.05, 4.69) is 17.1 Å². The van der Waals surface area contributed by atoms with E-state index in [9.17, 15) is 4.79 Å². The van der Waals surface area contributed by atoms with Gasteiger partial charge in [-0.05, 0) is 25.3 Å². The number of hydrogen-bond donors (Lipinski definition) is 1. The minimum Gasteiger partial charge on any atom is -0.449 e. The summed E-state index contributed by atoms with van der Waals surface area (Å²) in [6.07, 6.45) is 5.56. The molecule has 100 valence electrons. The van der Waals surface area contributed by atoms with Crippen LogP contribution < -0.4 is 0 Å². The third-order valence-electron chi connectivity index (χ3n) is 3.44. The molecule has 2 rings (SSSR count). The van der Waals surface area contributed by atoms with E-state index in [0.717, 1.165) is 38.8 Å². The van der Waals surface area contributed by atoms with Gasteiger partial charge in [-0.15, -0.1) is 0 Å². The van der Waals surface area contributed by atoms with E-state index in [4.69, 9.17) is 4.74 Å². The average Bonchev–Trinajstić information content (AvgIpc) is 2.93. The molecule has 0 saturated carbocycles. The number of carbonyl (C=O) groups is 1. The summed E-state index contributed by atoms with van der Waals surface area (Å²) >= 11 is 0. The number of amides is 1. The molecule has 0 atom stereocenters. The summed E-state index contributed by atoms with van der Waals surface area (Å²) in [7, 11) is 0. The van der Waals surface area contributed by atoms with Gasteiger partial charge in [0.2, 0.25) is 0 Å². The molecule has 2 heterocycles. The Morgan fingerprint density at radius 2 is 2.33 bits per heavy atom. The second-order valence-corrected chi connectivity index (χ2v) is 4.74. The van der Waals surface area contributed by atoms with Crippen molar-refractivity contribution in [3.05, 3.63) is 18.0 Å². The highest BCUT2D eigenvalue weighted by atomic mass is 16.6. The third kappa shape index (κ3) is 3.24. The quantitative estimate of drug-likeness (QED) is 0.836. The van der Waals surface area contributed by atoms with E-state index in [-0.39, 0.29) is 6.09 Å². The lowest BCUT2D eigenvalue weighted by Crippen LogP contribution is -2.38. The first kappa shape index (κ1) is 12.9. The van der Waals surface area contributed by atoms with Crippen molar-refractivity contribution in [1.82, 2.24) is 15.1 Å². The Bertz CT molecular complexity index is 356. The van der Waals surface area contributed by atoms with Crippen LogP contribution in [0.1, 0.15) is 44.2 Å². The van der Waals surface area contributed by atoms with E-state index in [1.807, 2.05) is 11.0 Å². The topological polar surface area (TPSA) is 58.2 Å². The van der Waals surface area contributed by atoms with E-state index in [1.165, 1.54) is 5.69 Å². The molecule has 0 spiro atoms. The van der Waals surface area contributed by atoms with Crippen LogP contribution in [0.5, 0.6) is 0 Å². The van der Waals surface area contributed by atoms with Gasteiger partial charge in [-0.2, -0.15) is 5.10 Å². The third-order valence-corrected chi connectivity index (χ3v) is 3.44. The molecule has 0 aliphatic carbocycles. The van der Waals surface area contributed by atoms with E-state index >= 15 is 0 Å². The molecule has 1 aromatic rings. The van der Waals surface area contributed by atoms with E-state index in [1.54, 1.807) is 6.20 Å². The molecule has 1 aliphatic rings. The maximum absolute atomic E-state index is 11.7. The number of carbonyl (C=O) groups excluding carboxylic acids is 1. The van der Waals surface area contributed by atoms with Gasteiger partial charge in [0.1, 0.15) is 0 Å². The summed E-state index contributed by atoms with van der Waals surface area (Å²) in [4.78, 5) is 13.6. The SMILES string of the molecule is CCCCOC(=O)N1CCC(c2ccn[nH]2)CC1. The molecule has 1 fully saturated rings. The fraction of sp³-hybridized carbons (Fsp3) is 0.692. The maximum Gasteiger partial charge on any atom is 0.409 e. The summed E-state index contributed by atoms with van der Waals surface area (Å²) in [5.74, 6) is 0.493. The minimum absolute atomic E-state index is 0.161. The smallest absolute Gasteiger partial charge is 0.409 e. The largest absolute Gasteiger partial charge is 0.449 e. The minimum atomic E-state index is -0.161. The van der Waals surface area contributed by atoms with Crippen molar-refractivity contribution >= 4 is 6.09 Å². The second-order valence-electron chi connectivity index (χ2n) is 4.74. The number of H-pyrrole nitrogens is 1. The van der Waals surface area contributed by atoms with Crippen LogP contribution in [0.15, 0.2) is 12.3 Å². The molecular weight excluding hydrogens is 230 g/mol. The van der Waals surface area contributed by atoms with Crippen LogP contribution in [-0.4, -0.2) is 40.9 Å². The van der Waals surface area contributed by atoms with Gasteiger partial charge < -0.3 is 9.64 Å². The Labute approximate surface area is 108 Å². The Hall–Kier alpha value is -1.52. The zero-order valence-corrected chi connectivity index (χ0v) is 10.9. The van der Waals surface area contributed by atoms with Crippen molar-refractivity contribution < 1.29 is 9.53 Å². The number of likely N-dealkylation sites (tertiary alicyclic amines) is 1. The van der Waals surface area contributed by atoms with Gasteiger partial charge in [0.25, 0.3) is 0 Å². The molecule has 1 aliphatic heterocycles. The monoisotopic (exact) mass is 251 g/mol. The first-order valence-corrected chi connectivity index (χ1v) is 6.72. The van der Waals surface area contributed by atoms with Crippen molar-refractivity contribution in [1.29, 1.82) is 0 Å². The first-order valence-electron chi connectivity index (χ1n) is 6.72. The normalized spacial score (nSPS) is 16.8. The van der Waals surface area contributed by atoms with Gasteiger partial charge in [-0.3, -0.25) is 5.10 Å². The number of aromatic amines is 1. The van der Waals surface area contributed by atoms with E-state index < -0.39 is 0 Å². The standard InChI is InChI=1S/C13H21N3O2/c1-2-3-10-18-13(17)16-8-5-11(6-9-16)12-4-7-14-15-12/h4,7,11H,2-3,5-6,8-10H2,1H3,(H,14,15). The lowest BCUT2D eigenvalue weighted by molar-refractivity contribution is 0.0914. The van der Waals surface area contributed by atoms with Crippen LogP contribution in [0.3, 0.4) is 0 Å². The lowest BCUT2D eigenvalue weighted by atomic mass is 9.94. The Kier molecular flexibility index (Phi) is 4.61. The molecule has 5 heteroatoms. The molecule has 1 aromatic heterocycles. The van der Waals surface area contributed by atoms with Crippen molar-refractivity contribution in [2.45, 2.75) is 38.5 Å². The molecule has 18 heavy (non-hydrogen) atoms. The van der Waals surface area contributed by atoms with Crippen LogP contribution in [0.2, 0.25) is 0 Å². The first-order chi connectivity index (χ1) is 8.81. The van der Waals surface area contributed by atoms with E-state index in [0.29, 0.717) is 12.5 Å². The fourth-order valence-electron chi connectivity index (χ4n) is 2.26. The number of nitrogens with zero attached hydrogens (tertiary/aromatic N) is 2. The Balaban J connectivity index is 1.74. The fourth-order valence-corrected chi connectivity index (χ4v) is 2.26. The summed E-state index contributed by atoms with van der Waals surface area (Å²) in [5.41, 5.74) is 1.18. The predicted molar refractivity (Wildman–Crippen MR) is 68.4 cm³/mol. The number of hydrogen-bond acceptors (Lipinski definition) is 3. The number of piperidine rings is 1. The molecule has 0 unspecified atom stereocenters. The van der Waals surface area contributed by atoms with Crippen molar-refractivity contribution in [3.63, 3.8) is 0 Å². The predicted octanol–water partition coefficient (Wildman–Crippen LogP) is 2.53. The molecule has 0 bridgehead atoms. The zero-order valence-electron chi connectivity index (χ0n) is 10.9. The van der Waals surface area contributed by atoms with Crippen LogP contribution in [0, 0.1) is 0 Å². The maximum atomic E-state index is 11.7. The number of aromatic nitrogens is 2. The van der Waals surface area contributed by atoms with Gasteiger partial charge in [0.05, 0.1) is 6.61 Å². The van der Waals surface area contributed by atoms with Crippen LogP contribution >= 0.6 is 0 Å². The van der Waals surface area contributed by atoms with Crippen LogP contribution in [0.4, 0.5) is 4.79 Å². The summed E-state index contributed by atoms with van der Waals surface area (Å²) in [6, 6.07) is 2.01. The Morgan fingerprint density at radius 3 is 2.94 bits per heavy atom. The molecule has 5 nitrogen and oxygen atoms in total. The van der Waals surface area contributed by atoms with Gasteiger partial charge in [-0.25, -0.2) is 4.79 Å². The van der Waals surface area contributed by atoms with Crippen LogP contribution in [0.25, 0.3) is 0 Å². The zero-order chi connectivity index (χ0) is 12.8. The number of unbranched alkanes of at least 4 members (excludes halogenated alkanes) is 1. The second kappa shape index (κ2) is 6.42. The average molecular weight is 251 g/mol. The number of rotatable bonds is 4. The molecule has 1 saturated heterocycles. The highest BCUT2D eigenvalue weighted by molar-refractivity contribution is 5.67. The molecular formula is C13H21N3O2. The molecule has 0 radical (unpaired) electrons. The van der Waals surface area contributed by atoms with Crippen molar-refractivity contribution in [2.75, 3.05) is 19.7 Å². The van der Waals surface area contributed by atoms with Gasteiger partial charge in [0, 0.05) is 30.9 Å². The summed E-state index contributed by atoms with van der Waals surface area (Å²) < 4.78 is 5.21. The number of ether oxygens (including phenoxy) is 1. The summed E-state index contributed by atoms with van der Waals surface area (Å²) in [5, 5.41) is 6.98. The van der Waals surface area contributed by atoms with Gasteiger partial charge in [0.15, 0.2) is 0 Å². The van der Waals surface area contributed by atoms with Crippen molar-refractivity contribution in [2.24, 2.45) is 0 Å². The van der Waals surface area contributed by atoms with Crippen LogP contribution in [-0.2, 0) is 4.74 Å². The molecule has 1 N–H and O–H groups in total.